The Hall–Kier alpha value is -1.99. The van der Waals surface area contributed by atoms with Crippen LogP contribution in [0.15, 0.2) is 34.9 Å². The first kappa shape index (κ1) is 19.3. The van der Waals surface area contributed by atoms with Gasteiger partial charge >= 0.3 is 0 Å². The fourth-order valence-corrected chi connectivity index (χ4v) is 4.65. The number of rotatable bonds is 4. The van der Waals surface area contributed by atoms with Crippen molar-refractivity contribution in [3.63, 3.8) is 0 Å². The molecule has 0 bridgehead atoms. The van der Waals surface area contributed by atoms with E-state index in [4.69, 9.17) is 4.74 Å². The number of piperidine rings is 1. The molecule has 3 heterocycles. The smallest absolute Gasteiger partial charge is 0.233 e. The van der Waals surface area contributed by atoms with Crippen LogP contribution in [0.3, 0.4) is 0 Å². The van der Waals surface area contributed by atoms with E-state index in [1.165, 1.54) is 0 Å². The van der Waals surface area contributed by atoms with E-state index in [9.17, 15) is 4.79 Å². The number of methoxy groups -OCH3 is 1. The molecule has 7 heteroatoms. The molecule has 2 aliphatic rings. The van der Waals surface area contributed by atoms with Crippen LogP contribution in [0, 0.1) is 18.3 Å². The number of nitrogens with one attached hydrogen (secondary N) is 1. The molecule has 6 nitrogen and oxygen atoms in total. The molecule has 2 saturated heterocycles. The number of aryl methyl sites for hydroxylation is 1. The summed E-state index contributed by atoms with van der Waals surface area (Å²) in [5, 5.41) is 3.44. The molecule has 1 N–H and O–H groups in total. The topological polar surface area (TPSA) is 67.3 Å². The summed E-state index contributed by atoms with van der Waals surface area (Å²) in [5.41, 5.74) is 1.93. The highest BCUT2D eigenvalue weighted by atomic mass is 79.9. The van der Waals surface area contributed by atoms with Crippen molar-refractivity contribution >= 4 is 27.8 Å². The number of amides is 1. The molecular formula is C21H25BrN4O2. The number of aromatic nitrogens is 2. The van der Waals surface area contributed by atoms with Gasteiger partial charge in [0.15, 0.2) is 0 Å². The molecule has 1 spiro atoms. The minimum atomic E-state index is -0.0748. The number of hydrogen-bond acceptors (Lipinski definition) is 5. The Balaban J connectivity index is 1.67. The number of halogens is 1. The van der Waals surface area contributed by atoms with Crippen LogP contribution >= 0.6 is 15.9 Å². The maximum absolute atomic E-state index is 13.5. The third kappa shape index (κ3) is 3.53. The number of nitrogens with zero attached hydrogens (tertiary/aromatic N) is 3. The predicted octanol–water partition coefficient (Wildman–Crippen LogP) is 3.13. The molecular weight excluding hydrogens is 420 g/mol. The van der Waals surface area contributed by atoms with E-state index in [-0.39, 0.29) is 17.2 Å². The van der Waals surface area contributed by atoms with Crippen LogP contribution in [0.2, 0.25) is 0 Å². The lowest BCUT2D eigenvalue weighted by Crippen LogP contribution is -2.42. The standard InChI is InChI=1S/C21H25BrN4O2/c1-14-18(22)12-24-20(25-14)26-13-21(6-8-23-9-7-21)17(19(26)27)11-15-4-3-5-16(10-15)28-2/h3-5,10,12,17,23H,6-9,11,13H2,1-2H3. The molecule has 1 aromatic carbocycles. The van der Waals surface area contributed by atoms with Gasteiger partial charge in [-0.2, -0.15) is 0 Å². The van der Waals surface area contributed by atoms with Gasteiger partial charge in [0, 0.05) is 18.2 Å². The van der Waals surface area contributed by atoms with Gasteiger partial charge in [-0.05, 0) is 72.9 Å². The van der Waals surface area contributed by atoms with Crippen molar-refractivity contribution in [3.8, 4) is 5.75 Å². The van der Waals surface area contributed by atoms with Gasteiger partial charge in [0.2, 0.25) is 11.9 Å². The lowest BCUT2D eigenvalue weighted by atomic mass is 9.69. The number of hydrogen-bond donors (Lipinski definition) is 1. The zero-order valence-electron chi connectivity index (χ0n) is 16.2. The van der Waals surface area contributed by atoms with Gasteiger partial charge in [-0.3, -0.25) is 9.69 Å². The summed E-state index contributed by atoms with van der Waals surface area (Å²) < 4.78 is 6.22. The van der Waals surface area contributed by atoms with Crippen molar-refractivity contribution in [1.82, 2.24) is 15.3 Å². The highest BCUT2D eigenvalue weighted by Crippen LogP contribution is 2.46. The molecule has 4 rings (SSSR count). The predicted molar refractivity (Wildman–Crippen MR) is 112 cm³/mol. The summed E-state index contributed by atoms with van der Waals surface area (Å²) >= 11 is 3.44. The summed E-state index contributed by atoms with van der Waals surface area (Å²) in [6.45, 7) is 4.49. The SMILES string of the molecule is COc1cccc(CC2C(=O)N(c3ncc(Br)c(C)n3)CC23CCNCC3)c1. The molecule has 0 radical (unpaired) electrons. The molecule has 2 aromatic rings. The van der Waals surface area contributed by atoms with E-state index in [1.54, 1.807) is 18.2 Å². The van der Waals surface area contributed by atoms with Crippen LogP contribution in [-0.4, -0.2) is 42.6 Å². The molecule has 148 valence electrons. The van der Waals surface area contributed by atoms with Gasteiger partial charge in [0.25, 0.3) is 0 Å². The lowest BCUT2D eigenvalue weighted by Gasteiger charge is -2.37. The van der Waals surface area contributed by atoms with Gasteiger partial charge in [-0.15, -0.1) is 0 Å². The number of benzene rings is 1. The largest absolute Gasteiger partial charge is 0.497 e. The monoisotopic (exact) mass is 444 g/mol. The van der Waals surface area contributed by atoms with Crippen LogP contribution in [0.5, 0.6) is 5.75 Å². The fraction of sp³-hybridized carbons (Fsp3) is 0.476. The van der Waals surface area contributed by atoms with Crippen molar-refractivity contribution in [2.24, 2.45) is 11.3 Å². The van der Waals surface area contributed by atoms with Crippen molar-refractivity contribution in [2.45, 2.75) is 26.2 Å². The summed E-state index contributed by atoms with van der Waals surface area (Å²) in [6, 6.07) is 8.03. The van der Waals surface area contributed by atoms with E-state index < -0.39 is 0 Å². The molecule has 1 aromatic heterocycles. The third-order valence-corrected chi connectivity index (χ3v) is 6.88. The van der Waals surface area contributed by atoms with Gasteiger partial charge in [-0.1, -0.05) is 12.1 Å². The molecule has 2 aliphatic heterocycles. The van der Waals surface area contributed by atoms with Crippen molar-refractivity contribution in [1.29, 1.82) is 0 Å². The Kier molecular flexibility index (Phi) is 5.38. The van der Waals surface area contributed by atoms with E-state index in [2.05, 4.69) is 37.3 Å². The number of ether oxygens (including phenoxy) is 1. The van der Waals surface area contributed by atoms with E-state index >= 15 is 0 Å². The Morgan fingerprint density at radius 2 is 2.14 bits per heavy atom. The average molecular weight is 445 g/mol. The van der Waals surface area contributed by atoms with Crippen LogP contribution < -0.4 is 15.0 Å². The van der Waals surface area contributed by atoms with E-state index in [0.29, 0.717) is 18.9 Å². The zero-order valence-corrected chi connectivity index (χ0v) is 17.8. The fourth-order valence-electron chi connectivity index (χ4n) is 4.46. The van der Waals surface area contributed by atoms with Crippen LogP contribution in [0.1, 0.15) is 24.1 Å². The minimum absolute atomic E-state index is 0.0459. The van der Waals surface area contributed by atoms with Crippen LogP contribution in [0.4, 0.5) is 5.95 Å². The summed E-state index contributed by atoms with van der Waals surface area (Å²) in [7, 11) is 1.67. The second kappa shape index (κ2) is 7.79. The van der Waals surface area contributed by atoms with Crippen molar-refractivity contribution in [2.75, 3.05) is 31.6 Å². The highest BCUT2D eigenvalue weighted by Gasteiger charge is 2.53. The maximum Gasteiger partial charge on any atom is 0.233 e. The molecule has 1 amide bonds. The van der Waals surface area contributed by atoms with E-state index in [0.717, 1.165) is 47.4 Å². The first-order chi connectivity index (χ1) is 13.5. The number of anilines is 1. The Bertz CT molecular complexity index is 882. The summed E-state index contributed by atoms with van der Waals surface area (Å²) in [6.07, 6.45) is 4.41. The molecule has 28 heavy (non-hydrogen) atoms. The van der Waals surface area contributed by atoms with Crippen molar-refractivity contribution < 1.29 is 9.53 Å². The van der Waals surface area contributed by atoms with Gasteiger partial charge < -0.3 is 10.1 Å². The minimum Gasteiger partial charge on any atom is -0.497 e. The average Bonchev–Trinajstić information content (AvgIpc) is 2.97. The second-order valence-electron chi connectivity index (χ2n) is 7.75. The van der Waals surface area contributed by atoms with Crippen molar-refractivity contribution in [3.05, 3.63) is 46.2 Å². The zero-order chi connectivity index (χ0) is 19.7. The quantitative estimate of drug-likeness (QED) is 0.784. The number of carbonyl (C=O) groups excluding carboxylic acids is 1. The Labute approximate surface area is 173 Å². The molecule has 2 fully saturated rings. The first-order valence-electron chi connectivity index (χ1n) is 9.66. The molecule has 1 unspecified atom stereocenters. The first-order valence-corrected chi connectivity index (χ1v) is 10.5. The number of carbonyl (C=O) groups is 1. The van der Waals surface area contributed by atoms with E-state index in [1.807, 2.05) is 25.1 Å². The molecule has 0 aliphatic carbocycles. The molecule has 1 atom stereocenters. The second-order valence-corrected chi connectivity index (χ2v) is 8.60. The normalized spacial score (nSPS) is 21.3. The van der Waals surface area contributed by atoms with Gasteiger partial charge in [0.05, 0.1) is 23.2 Å². The lowest BCUT2D eigenvalue weighted by molar-refractivity contribution is -0.122. The van der Waals surface area contributed by atoms with Gasteiger partial charge in [0.1, 0.15) is 5.75 Å². The van der Waals surface area contributed by atoms with Gasteiger partial charge in [-0.25, -0.2) is 9.97 Å². The summed E-state index contributed by atoms with van der Waals surface area (Å²) in [5.74, 6) is 1.39. The summed E-state index contributed by atoms with van der Waals surface area (Å²) in [4.78, 5) is 24.3. The van der Waals surface area contributed by atoms with Crippen LogP contribution in [-0.2, 0) is 11.2 Å². The van der Waals surface area contributed by atoms with Crippen LogP contribution in [0.25, 0.3) is 0 Å². The third-order valence-electron chi connectivity index (χ3n) is 6.10. The maximum atomic E-state index is 13.5. The Morgan fingerprint density at radius 1 is 1.36 bits per heavy atom. The molecule has 0 saturated carbocycles. The highest BCUT2D eigenvalue weighted by molar-refractivity contribution is 9.10. The Morgan fingerprint density at radius 3 is 2.86 bits per heavy atom.